The van der Waals surface area contributed by atoms with Gasteiger partial charge in [-0.2, -0.15) is 0 Å². The van der Waals surface area contributed by atoms with Gasteiger partial charge in [-0.3, -0.25) is 0 Å². The number of nitrogens with one attached hydrogen (secondary N) is 1. The van der Waals surface area contributed by atoms with Crippen LogP contribution in [0.3, 0.4) is 0 Å². The minimum absolute atomic E-state index is 0.137. The van der Waals surface area contributed by atoms with Crippen LogP contribution in [-0.4, -0.2) is 19.7 Å². The first-order chi connectivity index (χ1) is 8.33. The summed E-state index contributed by atoms with van der Waals surface area (Å²) in [6, 6.07) is 8.17. The molecule has 0 heterocycles. The van der Waals surface area contributed by atoms with Crippen LogP contribution in [0.1, 0.15) is 24.9 Å². The summed E-state index contributed by atoms with van der Waals surface area (Å²) in [5.74, 6) is 0.913. The monoisotopic (exact) mass is 234 g/mol. The molecule has 3 heteroatoms. The maximum absolute atomic E-state index is 5.81. The Morgan fingerprint density at radius 2 is 2.24 bits per heavy atom. The van der Waals surface area contributed by atoms with Gasteiger partial charge >= 0.3 is 0 Å². The fraction of sp³-hybridized carbons (Fsp3) is 0.429. The second kappa shape index (κ2) is 7.87. The first-order valence-corrected chi connectivity index (χ1v) is 6.09. The fourth-order valence-electron chi connectivity index (χ4n) is 1.74. The summed E-state index contributed by atoms with van der Waals surface area (Å²) < 4.78 is 5.61. The Balaban J connectivity index is 2.75. The first-order valence-electron chi connectivity index (χ1n) is 6.09. The molecule has 0 fully saturated rings. The summed E-state index contributed by atoms with van der Waals surface area (Å²) in [5.41, 5.74) is 6.93. The lowest BCUT2D eigenvalue weighted by Crippen LogP contribution is -2.29. The van der Waals surface area contributed by atoms with Gasteiger partial charge in [0.15, 0.2) is 0 Å². The molecule has 17 heavy (non-hydrogen) atoms. The summed E-state index contributed by atoms with van der Waals surface area (Å²) in [5, 5.41) is 3.41. The lowest BCUT2D eigenvalue weighted by atomic mass is 10.1. The van der Waals surface area contributed by atoms with Crippen LogP contribution in [0.25, 0.3) is 0 Å². The van der Waals surface area contributed by atoms with Crippen molar-refractivity contribution in [2.24, 2.45) is 5.73 Å². The standard InChI is InChI=1S/C14H22N2O/c1-3-5-10-16-13(11-15)12-8-6-7-9-14(12)17-4-2/h3,6-9,13,16H,1,4-5,10-11,15H2,2H3. The molecule has 3 nitrogen and oxygen atoms in total. The van der Waals surface area contributed by atoms with Crippen molar-refractivity contribution in [2.45, 2.75) is 19.4 Å². The van der Waals surface area contributed by atoms with Crippen molar-refractivity contribution >= 4 is 0 Å². The lowest BCUT2D eigenvalue weighted by molar-refractivity contribution is 0.331. The molecule has 94 valence electrons. The molecule has 0 aliphatic carbocycles. The number of hydrogen-bond acceptors (Lipinski definition) is 3. The van der Waals surface area contributed by atoms with Crippen LogP contribution in [0.2, 0.25) is 0 Å². The van der Waals surface area contributed by atoms with E-state index in [0.29, 0.717) is 13.2 Å². The fourth-order valence-corrected chi connectivity index (χ4v) is 1.74. The molecule has 1 atom stereocenters. The van der Waals surface area contributed by atoms with Crippen LogP contribution in [0.5, 0.6) is 5.75 Å². The van der Waals surface area contributed by atoms with Gasteiger partial charge in [0.05, 0.1) is 6.61 Å². The highest BCUT2D eigenvalue weighted by Gasteiger charge is 2.13. The van der Waals surface area contributed by atoms with Gasteiger partial charge in [-0.05, 0) is 26.0 Å². The van der Waals surface area contributed by atoms with Crippen LogP contribution < -0.4 is 15.8 Å². The molecule has 0 amide bonds. The van der Waals surface area contributed by atoms with E-state index in [1.165, 1.54) is 0 Å². The van der Waals surface area contributed by atoms with E-state index in [1.807, 2.05) is 31.2 Å². The SMILES string of the molecule is C=CCCNC(CN)c1ccccc1OCC. The second-order valence-corrected chi connectivity index (χ2v) is 3.79. The van der Waals surface area contributed by atoms with Crippen LogP contribution in [-0.2, 0) is 0 Å². The zero-order chi connectivity index (χ0) is 12.5. The van der Waals surface area contributed by atoms with Gasteiger partial charge in [-0.15, -0.1) is 6.58 Å². The smallest absolute Gasteiger partial charge is 0.124 e. The third-order valence-electron chi connectivity index (χ3n) is 2.57. The van der Waals surface area contributed by atoms with Crippen molar-refractivity contribution in [2.75, 3.05) is 19.7 Å². The van der Waals surface area contributed by atoms with Crippen molar-refractivity contribution in [3.05, 3.63) is 42.5 Å². The highest BCUT2D eigenvalue weighted by atomic mass is 16.5. The average molecular weight is 234 g/mol. The second-order valence-electron chi connectivity index (χ2n) is 3.79. The van der Waals surface area contributed by atoms with E-state index in [2.05, 4.69) is 18.0 Å². The van der Waals surface area contributed by atoms with Gasteiger partial charge in [-0.25, -0.2) is 0 Å². The van der Waals surface area contributed by atoms with Gasteiger partial charge in [0, 0.05) is 18.2 Å². The quantitative estimate of drug-likeness (QED) is 0.536. The summed E-state index contributed by atoms with van der Waals surface area (Å²) in [7, 11) is 0. The number of hydrogen-bond donors (Lipinski definition) is 2. The topological polar surface area (TPSA) is 47.3 Å². The van der Waals surface area contributed by atoms with Crippen LogP contribution in [0.15, 0.2) is 36.9 Å². The summed E-state index contributed by atoms with van der Waals surface area (Å²) >= 11 is 0. The van der Waals surface area contributed by atoms with Gasteiger partial charge in [0.25, 0.3) is 0 Å². The summed E-state index contributed by atoms with van der Waals surface area (Å²) in [4.78, 5) is 0. The molecule has 0 aromatic heterocycles. The van der Waals surface area contributed by atoms with Gasteiger partial charge in [0.1, 0.15) is 5.75 Å². The number of nitrogens with two attached hydrogens (primary N) is 1. The largest absolute Gasteiger partial charge is 0.494 e. The summed E-state index contributed by atoms with van der Waals surface area (Å²) in [6.45, 7) is 7.80. The Morgan fingerprint density at radius 1 is 1.47 bits per heavy atom. The zero-order valence-corrected chi connectivity index (χ0v) is 10.5. The molecular weight excluding hydrogens is 212 g/mol. The Labute approximate surface area is 104 Å². The summed E-state index contributed by atoms with van der Waals surface area (Å²) in [6.07, 6.45) is 2.84. The maximum Gasteiger partial charge on any atom is 0.124 e. The van der Waals surface area contributed by atoms with E-state index in [4.69, 9.17) is 10.5 Å². The number of benzene rings is 1. The molecule has 1 aromatic carbocycles. The molecule has 0 saturated heterocycles. The van der Waals surface area contributed by atoms with Crippen LogP contribution in [0, 0.1) is 0 Å². The number of rotatable bonds is 8. The van der Waals surface area contributed by atoms with E-state index in [1.54, 1.807) is 0 Å². The minimum atomic E-state index is 0.137. The Bertz CT molecular complexity index is 339. The molecule has 0 saturated carbocycles. The van der Waals surface area contributed by atoms with Crippen molar-refractivity contribution in [1.82, 2.24) is 5.32 Å². The average Bonchev–Trinajstić information content (AvgIpc) is 2.36. The highest BCUT2D eigenvalue weighted by molar-refractivity contribution is 5.36. The van der Waals surface area contributed by atoms with Crippen LogP contribution >= 0.6 is 0 Å². The van der Waals surface area contributed by atoms with Crippen molar-refractivity contribution in [1.29, 1.82) is 0 Å². The third kappa shape index (κ3) is 4.21. The molecule has 0 spiro atoms. The highest BCUT2D eigenvalue weighted by Crippen LogP contribution is 2.24. The van der Waals surface area contributed by atoms with Crippen LogP contribution in [0.4, 0.5) is 0 Å². The van der Waals surface area contributed by atoms with E-state index in [0.717, 1.165) is 24.3 Å². The van der Waals surface area contributed by atoms with Crippen molar-refractivity contribution < 1.29 is 4.74 Å². The molecule has 3 N–H and O–H groups in total. The number of ether oxygens (including phenoxy) is 1. The number of para-hydroxylation sites is 1. The molecule has 0 aliphatic rings. The Morgan fingerprint density at radius 3 is 2.88 bits per heavy atom. The lowest BCUT2D eigenvalue weighted by Gasteiger charge is -2.20. The zero-order valence-electron chi connectivity index (χ0n) is 10.5. The Kier molecular flexibility index (Phi) is 6.37. The molecule has 1 aromatic rings. The van der Waals surface area contributed by atoms with E-state index >= 15 is 0 Å². The predicted octanol–water partition coefficient (Wildman–Crippen LogP) is 2.25. The third-order valence-corrected chi connectivity index (χ3v) is 2.57. The molecular formula is C14H22N2O. The minimum Gasteiger partial charge on any atom is -0.494 e. The maximum atomic E-state index is 5.81. The van der Waals surface area contributed by atoms with E-state index < -0.39 is 0 Å². The molecule has 0 aliphatic heterocycles. The Hall–Kier alpha value is -1.32. The van der Waals surface area contributed by atoms with E-state index in [9.17, 15) is 0 Å². The first kappa shape index (κ1) is 13.7. The molecule has 0 radical (unpaired) electrons. The molecule has 0 bridgehead atoms. The van der Waals surface area contributed by atoms with Gasteiger partial charge < -0.3 is 15.8 Å². The van der Waals surface area contributed by atoms with Crippen molar-refractivity contribution in [3.8, 4) is 5.75 Å². The molecule has 1 unspecified atom stereocenters. The predicted molar refractivity (Wildman–Crippen MR) is 72.2 cm³/mol. The van der Waals surface area contributed by atoms with Crippen molar-refractivity contribution in [3.63, 3.8) is 0 Å². The molecule has 1 rings (SSSR count). The van der Waals surface area contributed by atoms with Gasteiger partial charge in [0.2, 0.25) is 0 Å². The van der Waals surface area contributed by atoms with E-state index in [-0.39, 0.29) is 6.04 Å². The normalized spacial score (nSPS) is 12.1. The van der Waals surface area contributed by atoms with Gasteiger partial charge in [-0.1, -0.05) is 24.3 Å².